The average molecular weight is 380 g/mol. The second-order valence-electron chi connectivity index (χ2n) is 7.35. The lowest BCUT2D eigenvalue weighted by Gasteiger charge is -2.24. The number of benzene rings is 1. The third-order valence-corrected chi connectivity index (χ3v) is 4.98. The molecule has 1 aromatic carbocycles. The fraction of sp³-hybridized carbons (Fsp3) is 0.400. The van der Waals surface area contributed by atoms with Crippen LogP contribution in [0.2, 0.25) is 0 Å². The Hall–Kier alpha value is -3.16. The van der Waals surface area contributed by atoms with Crippen LogP contribution in [0.3, 0.4) is 0 Å². The Morgan fingerprint density at radius 2 is 1.96 bits per heavy atom. The SMILES string of the molecule is CCCN1N=C(C)Cn2c1nc1c2c(=O)n(Cc2cccc(C)c2)c(=O)n1C. The van der Waals surface area contributed by atoms with Gasteiger partial charge in [0.2, 0.25) is 5.95 Å². The normalized spacial score (nSPS) is 13.7. The molecule has 2 aromatic heterocycles. The number of hydrogen-bond acceptors (Lipinski definition) is 5. The highest BCUT2D eigenvalue weighted by atomic mass is 16.2. The number of hydrazone groups is 1. The van der Waals surface area contributed by atoms with Crippen LogP contribution in [0.5, 0.6) is 0 Å². The molecule has 1 aliphatic heterocycles. The minimum absolute atomic E-state index is 0.232. The highest BCUT2D eigenvalue weighted by Crippen LogP contribution is 2.23. The van der Waals surface area contributed by atoms with E-state index in [1.807, 2.05) is 47.7 Å². The van der Waals surface area contributed by atoms with Gasteiger partial charge in [-0.2, -0.15) is 10.1 Å². The maximum Gasteiger partial charge on any atom is 0.332 e. The highest BCUT2D eigenvalue weighted by molar-refractivity contribution is 5.87. The maximum atomic E-state index is 13.3. The Bertz CT molecular complexity index is 1210. The van der Waals surface area contributed by atoms with Crippen molar-refractivity contribution >= 4 is 22.8 Å². The Kier molecular flexibility index (Phi) is 4.41. The summed E-state index contributed by atoms with van der Waals surface area (Å²) in [6, 6.07) is 7.84. The van der Waals surface area contributed by atoms with Gasteiger partial charge in [0, 0.05) is 13.6 Å². The first-order valence-corrected chi connectivity index (χ1v) is 9.48. The van der Waals surface area contributed by atoms with Crippen molar-refractivity contribution in [1.29, 1.82) is 0 Å². The predicted octanol–water partition coefficient (Wildman–Crippen LogP) is 1.86. The third kappa shape index (κ3) is 2.85. The van der Waals surface area contributed by atoms with Crippen LogP contribution in [0.15, 0.2) is 39.0 Å². The molecule has 0 saturated heterocycles. The van der Waals surface area contributed by atoms with Crippen molar-refractivity contribution in [2.24, 2.45) is 12.1 Å². The standard InChI is InChI=1S/C20H24N6O2/c1-5-9-26-19-21-17-16(24(19)11-14(3)22-26)18(27)25(20(28)23(17)4)12-15-8-6-7-13(2)10-15/h6-8,10H,5,9,11-12H2,1-4H3. The van der Waals surface area contributed by atoms with Crippen LogP contribution in [0, 0.1) is 6.92 Å². The van der Waals surface area contributed by atoms with Crippen LogP contribution >= 0.6 is 0 Å². The summed E-state index contributed by atoms with van der Waals surface area (Å²) in [7, 11) is 1.66. The fourth-order valence-electron chi connectivity index (χ4n) is 3.71. The van der Waals surface area contributed by atoms with Gasteiger partial charge in [-0.1, -0.05) is 36.8 Å². The minimum Gasteiger partial charge on any atom is -0.297 e. The van der Waals surface area contributed by atoms with Crippen LogP contribution in [-0.2, 0) is 20.1 Å². The number of aryl methyl sites for hydroxylation is 2. The average Bonchev–Trinajstić information content (AvgIpc) is 3.03. The summed E-state index contributed by atoms with van der Waals surface area (Å²) in [5.41, 5.74) is 3.07. The molecule has 1 aliphatic rings. The van der Waals surface area contributed by atoms with Crippen LogP contribution in [0.1, 0.15) is 31.4 Å². The van der Waals surface area contributed by atoms with Crippen molar-refractivity contribution in [2.45, 2.75) is 40.3 Å². The Morgan fingerprint density at radius 3 is 2.68 bits per heavy atom. The van der Waals surface area contributed by atoms with E-state index in [1.165, 1.54) is 9.13 Å². The van der Waals surface area contributed by atoms with Gasteiger partial charge < -0.3 is 0 Å². The molecule has 3 heterocycles. The molecule has 0 fully saturated rings. The molecule has 8 heteroatoms. The van der Waals surface area contributed by atoms with Crippen LogP contribution < -0.4 is 16.3 Å². The van der Waals surface area contributed by atoms with Crippen molar-refractivity contribution < 1.29 is 0 Å². The Labute approximate surface area is 162 Å². The zero-order valence-corrected chi connectivity index (χ0v) is 16.6. The van der Waals surface area contributed by atoms with Crippen molar-refractivity contribution in [3.05, 3.63) is 56.2 Å². The molecule has 28 heavy (non-hydrogen) atoms. The minimum atomic E-state index is -0.367. The van der Waals surface area contributed by atoms with E-state index in [0.717, 1.165) is 23.3 Å². The number of nitrogens with zero attached hydrogens (tertiary/aromatic N) is 6. The molecular formula is C20H24N6O2. The van der Waals surface area contributed by atoms with E-state index in [-0.39, 0.29) is 17.8 Å². The van der Waals surface area contributed by atoms with E-state index in [4.69, 9.17) is 0 Å². The lowest BCUT2D eigenvalue weighted by molar-refractivity contribution is 0.652. The summed E-state index contributed by atoms with van der Waals surface area (Å²) in [4.78, 5) is 30.8. The number of anilines is 1. The van der Waals surface area contributed by atoms with Gasteiger partial charge in [-0.3, -0.25) is 18.5 Å². The molecule has 0 saturated carbocycles. The molecule has 3 aromatic rings. The van der Waals surface area contributed by atoms with Crippen LogP contribution in [-0.4, -0.2) is 30.9 Å². The van der Waals surface area contributed by atoms with Gasteiger partial charge in [0.25, 0.3) is 5.56 Å². The van der Waals surface area contributed by atoms with Gasteiger partial charge in [0.05, 0.1) is 18.8 Å². The lowest BCUT2D eigenvalue weighted by Crippen LogP contribution is -2.40. The van der Waals surface area contributed by atoms with E-state index in [2.05, 4.69) is 17.0 Å². The van der Waals surface area contributed by atoms with Crippen molar-refractivity contribution in [3.63, 3.8) is 0 Å². The van der Waals surface area contributed by atoms with Crippen molar-refractivity contribution in [3.8, 4) is 0 Å². The number of imidazole rings is 1. The molecule has 0 radical (unpaired) electrons. The molecular weight excluding hydrogens is 356 g/mol. The quantitative estimate of drug-likeness (QED) is 0.692. The van der Waals surface area contributed by atoms with Gasteiger partial charge in [0.1, 0.15) is 0 Å². The predicted molar refractivity (Wildman–Crippen MR) is 110 cm³/mol. The number of aromatic nitrogens is 4. The van der Waals surface area contributed by atoms with Gasteiger partial charge in [-0.05, 0) is 25.8 Å². The van der Waals surface area contributed by atoms with Crippen LogP contribution in [0.25, 0.3) is 11.2 Å². The zero-order valence-electron chi connectivity index (χ0n) is 16.6. The van der Waals surface area contributed by atoms with Gasteiger partial charge in [0.15, 0.2) is 11.2 Å². The van der Waals surface area contributed by atoms with Crippen molar-refractivity contribution in [2.75, 3.05) is 11.6 Å². The summed E-state index contributed by atoms with van der Waals surface area (Å²) in [6.07, 6.45) is 0.899. The largest absolute Gasteiger partial charge is 0.332 e. The number of hydrogen-bond donors (Lipinski definition) is 0. The van der Waals surface area contributed by atoms with E-state index >= 15 is 0 Å². The second-order valence-corrected chi connectivity index (χ2v) is 7.35. The Morgan fingerprint density at radius 1 is 1.18 bits per heavy atom. The van der Waals surface area contributed by atoms with Crippen LogP contribution in [0.4, 0.5) is 5.95 Å². The third-order valence-electron chi connectivity index (χ3n) is 4.98. The first-order chi connectivity index (χ1) is 13.4. The molecule has 4 rings (SSSR count). The van der Waals surface area contributed by atoms with E-state index in [9.17, 15) is 9.59 Å². The summed E-state index contributed by atoms with van der Waals surface area (Å²) < 4.78 is 4.62. The summed E-state index contributed by atoms with van der Waals surface area (Å²) >= 11 is 0. The molecule has 146 valence electrons. The monoisotopic (exact) mass is 380 g/mol. The van der Waals surface area contributed by atoms with Gasteiger partial charge >= 0.3 is 5.69 Å². The molecule has 0 unspecified atom stereocenters. The van der Waals surface area contributed by atoms with E-state index in [1.54, 1.807) is 7.05 Å². The second kappa shape index (κ2) is 6.78. The first-order valence-electron chi connectivity index (χ1n) is 9.48. The smallest absolute Gasteiger partial charge is 0.297 e. The molecule has 0 N–H and O–H groups in total. The van der Waals surface area contributed by atoms with Gasteiger partial charge in [-0.25, -0.2) is 9.80 Å². The molecule has 8 nitrogen and oxygen atoms in total. The topological polar surface area (TPSA) is 77.4 Å². The fourth-order valence-corrected chi connectivity index (χ4v) is 3.71. The molecule has 0 aliphatic carbocycles. The van der Waals surface area contributed by atoms with Crippen molar-refractivity contribution in [1.82, 2.24) is 18.7 Å². The summed E-state index contributed by atoms with van der Waals surface area (Å²) in [5, 5.41) is 6.37. The zero-order chi connectivity index (χ0) is 20.0. The number of fused-ring (bicyclic) bond motifs is 3. The summed E-state index contributed by atoms with van der Waals surface area (Å²) in [5.74, 6) is 0.614. The van der Waals surface area contributed by atoms with E-state index in [0.29, 0.717) is 30.2 Å². The first kappa shape index (κ1) is 18.2. The summed E-state index contributed by atoms with van der Waals surface area (Å²) in [6.45, 7) is 7.42. The lowest BCUT2D eigenvalue weighted by atomic mass is 10.1. The van der Waals surface area contributed by atoms with E-state index < -0.39 is 0 Å². The maximum absolute atomic E-state index is 13.3. The van der Waals surface area contributed by atoms with Gasteiger partial charge in [-0.15, -0.1) is 0 Å². The Balaban J connectivity index is 1.94. The molecule has 0 atom stereocenters. The molecule has 0 spiro atoms. The molecule has 0 bridgehead atoms. The number of rotatable bonds is 4. The molecule has 0 amide bonds. The highest BCUT2D eigenvalue weighted by Gasteiger charge is 2.26.